The summed E-state index contributed by atoms with van der Waals surface area (Å²) < 4.78 is 10.4. The second-order valence-corrected chi connectivity index (χ2v) is 6.45. The summed E-state index contributed by atoms with van der Waals surface area (Å²) in [4.78, 5) is 31.1. The number of methoxy groups -OCH3 is 2. The monoisotopic (exact) mass is 393 g/mol. The molecule has 0 saturated heterocycles. The highest BCUT2D eigenvalue weighted by Gasteiger charge is 2.33. The van der Waals surface area contributed by atoms with Gasteiger partial charge in [0.15, 0.2) is 16.5 Å². The first-order valence-corrected chi connectivity index (χ1v) is 8.81. The van der Waals surface area contributed by atoms with Crippen LogP contribution in [-0.4, -0.2) is 36.1 Å². The van der Waals surface area contributed by atoms with E-state index < -0.39 is 11.9 Å². The zero-order chi connectivity index (χ0) is 19.8. The minimum Gasteiger partial charge on any atom is -0.493 e. The molecule has 0 spiro atoms. The Morgan fingerprint density at radius 1 is 0.929 bits per heavy atom. The lowest BCUT2D eigenvalue weighted by Crippen LogP contribution is -2.41. The molecule has 0 fully saturated rings. The Balaban J connectivity index is 1.68. The highest BCUT2D eigenvalue weighted by molar-refractivity contribution is 7.80. The quantitative estimate of drug-likeness (QED) is 0.629. The number of amides is 1. The van der Waals surface area contributed by atoms with Gasteiger partial charge in [0.05, 0.1) is 25.3 Å². The summed E-state index contributed by atoms with van der Waals surface area (Å²) in [5.74, 6) is -0.366. The third-order valence-electron chi connectivity index (χ3n) is 4.53. The topological polar surface area (TPSA) is 65.1 Å². The Labute approximate surface area is 166 Å². The molecule has 140 valence electrons. The Morgan fingerprint density at radius 3 is 2.29 bits per heavy atom. The highest BCUT2D eigenvalue weighted by atomic mass is 32.1. The molecule has 4 rings (SSSR count). The Bertz CT molecular complexity index is 1090. The molecule has 0 N–H and O–H groups in total. The average molecular weight is 393 g/mol. The molecule has 1 aliphatic rings. The van der Waals surface area contributed by atoms with Crippen LogP contribution in [-0.2, 0) is 4.84 Å². The van der Waals surface area contributed by atoms with Crippen molar-refractivity contribution in [3.63, 3.8) is 0 Å². The zero-order valence-corrected chi connectivity index (χ0v) is 15.9. The molecule has 3 aromatic carbocycles. The fourth-order valence-electron chi connectivity index (χ4n) is 3.19. The fourth-order valence-corrected chi connectivity index (χ4v) is 3.48. The van der Waals surface area contributed by atoms with Crippen LogP contribution >= 0.6 is 12.2 Å². The summed E-state index contributed by atoms with van der Waals surface area (Å²) in [6.45, 7) is 0. The fraction of sp³-hybridized carbons (Fsp3) is 0.0952. The summed E-state index contributed by atoms with van der Waals surface area (Å²) >= 11 is 5.43. The Morgan fingerprint density at radius 2 is 1.61 bits per heavy atom. The average Bonchev–Trinajstić information content (AvgIpc) is 2.74. The van der Waals surface area contributed by atoms with Gasteiger partial charge in [0.25, 0.3) is 5.91 Å². The molecule has 0 atom stereocenters. The van der Waals surface area contributed by atoms with E-state index in [9.17, 15) is 9.59 Å². The van der Waals surface area contributed by atoms with E-state index in [1.54, 1.807) is 24.3 Å². The minimum absolute atomic E-state index is 0.142. The number of hydrogen-bond donors (Lipinski definition) is 0. The molecule has 7 heteroatoms. The smallest absolute Gasteiger partial charge is 0.363 e. The highest BCUT2D eigenvalue weighted by Crippen LogP contribution is 2.32. The predicted molar refractivity (Wildman–Crippen MR) is 107 cm³/mol. The van der Waals surface area contributed by atoms with Gasteiger partial charge in [0.2, 0.25) is 0 Å². The van der Waals surface area contributed by atoms with Gasteiger partial charge in [-0.05, 0) is 29.7 Å². The molecular weight excluding hydrogens is 378 g/mol. The van der Waals surface area contributed by atoms with Gasteiger partial charge in [-0.3, -0.25) is 4.79 Å². The molecule has 1 heterocycles. The van der Waals surface area contributed by atoms with E-state index in [1.807, 2.05) is 18.2 Å². The molecule has 1 amide bonds. The third-order valence-corrected chi connectivity index (χ3v) is 4.91. The first-order chi connectivity index (χ1) is 13.5. The van der Waals surface area contributed by atoms with Crippen molar-refractivity contribution in [3.8, 4) is 11.5 Å². The van der Waals surface area contributed by atoms with Crippen LogP contribution in [0.4, 0.5) is 0 Å². The van der Waals surface area contributed by atoms with E-state index in [1.165, 1.54) is 26.4 Å². The zero-order valence-electron chi connectivity index (χ0n) is 15.1. The van der Waals surface area contributed by atoms with Crippen LogP contribution in [0.5, 0.6) is 11.5 Å². The van der Waals surface area contributed by atoms with E-state index in [0.717, 1.165) is 15.8 Å². The van der Waals surface area contributed by atoms with E-state index >= 15 is 0 Å². The molecule has 0 aliphatic carbocycles. The van der Waals surface area contributed by atoms with Gasteiger partial charge < -0.3 is 14.3 Å². The van der Waals surface area contributed by atoms with Crippen molar-refractivity contribution >= 4 is 39.9 Å². The van der Waals surface area contributed by atoms with Crippen LogP contribution in [0.3, 0.4) is 0 Å². The lowest BCUT2D eigenvalue weighted by Gasteiger charge is -2.27. The van der Waals surface area contributed by atoms with E-state index in [-0.39, 0.29) is 10.6 Å². The first kappa shape index (κ1) is 17.9. The van der Waals surface area contributed by atoms with Crippen LogP contribution in [0.2, 0.25) is 0 Å². The van der Waals surface area contributed by atoms with Crippen molar-refractivity contribution < 1.29 is 23.9 Å². The van der Waals surface area contributed by atoms with Gasteiger partial charge in [-0.2, -0.15) is 0 Å². The molecule has 0 radical (unpaired) electrons. The maximum Gasteiger partial charge on any atom is 0.363 e. The van der Waals surface area contributed by atoms with E-state index in [4.69, 9.17) is 26.5 Å². The van der Waals surface area contributed by atoms with E-state index in [2.05, 4.69) is 0 Å². The molecule has 0 aromatic heterocycles. The second-order valence-electron chi connectivity index (χ2n) is 6.06. The summed E-state index contributed by atoms with van der Waals surface area (Å²) in [6, 6.07) is 15.5. The van der Waals surface area contributed by atoms with Gasteiger partial charge in [-0.15, -0.1) is 5.06 Å². The largest absolute Gasteiger partial charge is 0.493 e. The van der Waals surface area contributed by atoms with Gasteiger partial charge in [-0.1, -0.05) is 42.5 Å². The number of carbonyl (C=O) groups excluding carboxylic acids is 2. The number of carbonyl (C=O) groups is 2. The summed E-state index contributed by atoms with van der Waals surface area (Å²) in [5, 5.41) is 2.53. The number of ether oxygens (including phenoxy) is 2. The summed E-state index contributed by atoms with van der Waals surface area (Å²) in [6.07, 6.45) is 0. The molecule has 6 nitrogen and oxygen atoms in total. The molecule has 0 unspecified atom stereocenters. The maximum atomic E-state index is 12.9. The molecule has 3 aromatic rings. The number of thiocarbonyl (C=S) groups is 1. The number of hydroxylamine groups is 2. The third kappa shape index (κ3) is 2.76. The lowest BCUT2D eigenvalue weighted by atomic mass is 9.95. The van der Waals surface area contributed by atoms with Crippen molar-refractivity contribution in [1.82, 2.24) is 5.06 Å². The first-order valence-electron chi connectivity index (χ1n) is 8.40. The predicted octanol–water partition coefficient (Wildman–Crippen LogP) is 3.76. The van der Waals surface area contributed by atoms with Gasteiger partial charge in [-0.25, -0.2) is 4.79 Å². The maximum absolute atomic E-state index is 12.9. The van der Waals surface area contributed by atoms with Crippen LogP contribution in [0, 0.1) is 0 Å². The summed E-state index contributed by atoms with van der Waals surface area (Å²) in [5.41, 5.74) is 1.30. The molecular formula is C21H15NO5S. The van der Waals surface area contributed by atoms with Crippen molar-refractivity contribution in [3.05, 3.63) is 71.3 Å². The number of rotatable bonds is 4. The number of hydrogen-bond acceptors (Lipinski definition) is 6. The Kier molecular flexibility index (Phi) is 4.44. The van der Waals surface area contributed by atoms with Crippen LogP contribution in [0.15, 0.2) is 54.6 Å². The van der Waals surface area contributed by atoms with Crippen LogP contribution < -0.4 is 9.47 Å². The van der Waals surface area contributed by atoms with Crippen LogP contribution in [0.1, 0.15) is 26.3 Å². The Hall–Kier alpha value is -3.45. The van der Waals surface area contributed by atoms with Crippen molar-refractivity contribution in [2.45, 2.75) is 0 Å². The second kappa shape index (κ2) is 6.94. The van der Waals surface area contributed by atoms with Crippen molar-refractivity contribution in [2.75, 3.05) is 14.2 Å². The van der Waals surface area contributed by atoms with Gasteiger partial charge in [0, 0.05) is 10.9 Å². The number of benzene rings is 3. The van der Waals surface area contributed by atoms with Gasteiger partial charge in [0.1, 0.15) is 0 Å². The normalized spacial score (nSPS) is 12.9. The lowest BCUT2D eigenvalue weighted by molar-refractivity contribution is -0.0382. The van der Waals surface area contributed by atoms with Crippen molar-refractivity contribution in [2.24, 2.45) is 0 Å². The SMILES string of the molecule is COc1ccc(C(=O)ON2C(=O)c3cccc4cccc(c34)C2=S)cc1OC. The molecule has 0 saturated carbocycles. The summed E-state index contributed by atoms with van der Waals surface area (Å²) in [7, 11) is 2.96. The minimum atomic E-state index is -0.733. The molecule has 28 heavy (non-hydrogen) atoms. The van der Waals surface area contributed by atoms with Gasteiger partial charge >= 0.3 is 5.97 Å². The molecule has 0 bridgehead atoms. The van der Waals surface area contributed by atoms with Crippen molar-refractivity contribution in [1.29, 1.82) is 0 Å². The van der Waals surface area contributed by atoms with E-state index in [0.29, 0.717) is 22.6 Å². The molecule has 1 aliphatic heterocycles. The van der Waals surface area contributed by atoms with Crippen LogP contribution in [0.25, 0.3) is 10.8 Å². The standard InChI is InChI=1S/C21H15NO5S/c1-25-16-10-9-13(11-17(16)26-2)21(24)27-22-19(23)14-7-3-5-12-6-4-8-15(18(12)14)20(22)28/h3-11H,1-2H3. The number of nitrogens with zero attached hydrogens (tertiary/aromatic N) is 1.